The third kappa shape index (κ3) is 3.66. The van der Waals surface area contributed by atoms with E-state index >= 15 is 0 Å². The number of carboxylic acid groups (broad SMARTS) is 1. The molecule has 0 bridgehead atoms. The van der Waals surface area contributed by atoms with Crippen LogP contribution in [0.1, 0.15) is 10.4 Å². The highest BCUT2D eigenvalue weighted by Gasteiger charge is 2.15. The number of benzene rings is 1. The SMILES string of the molecule is COc1cc(/N=C/C[N+](=O)[O-])c(C(=O)O)cc1OC. The molecule has 8 heteroatoms. The van der Waals surface area contributed by atoms with E-state index < -0.39 is 17.4 Å². The Bertz CT molecular complexity index is 526. The van der Waals surface area contributed by atoms with E-state index in [1.807, 2.05) is 0 Å². The summed E-state index contributed by atoms with van der Waals surface area (Å²) in [5, 5.41) is 19.2. The predicted octanol–water partition coefficient (Wildman–Crippen LogP) is 1.38. The fraction of sp³-hybridized carbons (Fsp3) is 0.273. The van der Waals surface area contributed by atoms with Crippen molar-refractivity contribution in [3.05, 3.63) is 27.8 Å². The molecule has 0 radical (unpaired) electrons. The van der Waals surface area contributed by atoms with E-state index in [0.717, 1.165) is 6.21 Å². The maximum atomic E-state index is 11.1. The van der Waals surface area contributed by atoms with Crippen molar-refractivity contribution in [2.75, 3.05) is 20.8 Å². The van der Waals surface area contributed by atoms with Gasteiger partial charge in [0.1, 0.15) is 0 Å². The van der Waals surface area contributed by atoms with Crippen LogP contribution in [-0.2, 0) is 0 Å². The number of aliphatic imine (C=N–C) groups is 1. The Balaban J connectivity index is 3.23. The summed E-state index contributed by atoms with van der Waals surface area (Å²) < 4.78 is 9.99. The second kappa shape index (κ2) is 6.34. The molecule has 0 amide bonds. The van der Waals surface area contributed by atoms with Crippen molar-refractivity contribution in [1.82, 2.24) is 0 Å². The zero-order valence-corrected chi connectivity index (χ0v) is 10.3. The van der Waals surface area contributed by atoms with Gasteiger partial charge >= 0.3 is 5.97 Å². The molecule has 1 N–H and O–H groups in total. The molecule has 0 aliphatic carbocycles. The Morgan fingerprint density at radius 2 is 2.00 bits per heavy atom. The molecule has 19 heavy (non-hydrogen) atoms. The smallest absolute Gasteiger partial charge is 0.338 e. The van der Waals surface area contributed by atoms with Crippen LogP contribution < -0.4 is 9.47 Å². The van der Waals surface area contributed by atoms with Crippen LogP contribution in [-0.4, -0.2) is 43.0 Å². The number of rotatable bonds is 6. The molecule has 0 saturated heterocycles. The molecule has 0 atom stereocenters. The van der Waals surface area contributed by atoms with Crippen molar-refractivity contribution in [3.63, 3.8) is 0 Å². The number of carboxylic acids is 1. The number of hydrogen-bond donors (Lipinski definition) is 1. The average molecular weight is 268 g/mol. The average Bonchev–Trinajstić information content (AvgIpc) is 2.37. The summed E-state index contributed by atoms with van der Waals surface area (Å²) in [5.74, 6) is -0.678. The maximum absolute atomic E-state index is 11.1. The Kier molecular flexibility index (Phi) is 4.81. The molecule has 8 nitrogen and oxygen atoms in total. The quantitative estimate of drug-likeness (QED) is 0.474. The molecular formula is C11H12N2O6. The fourth-order valence-electron chi connectivity index (χ4n) is 1.35. The van der Waals surface area contributed by atoms with Gasteiger partial charge in [0.25, 0.3) is 0 Å². The molecule has 0 aliphatic rings. The molecule has 1 aromatic rings. The molecule has 0 fully saturated rings. The zero-order valence-electron chi connectivity index (χ0n) is 10.3. The largest absolute Gasteiger partial charge is 0.493 e. The monoisotopic (exact) mass is 268 g/mol. The van der Waals surface area contributed by atoms with Crippen molar-refractivity contribution in [2.45, 2.75) is 0 Å². The Hall–Kier alpha value is -2.64. The molecular weight excluding hydrogens is 256 g/mol. The molecule has 0 aliphatic heterocycles. The van der Waals surface area contributed by atoms with Crippen LogP contribution in [0.4, 0.5) is 5.69 Å². The second-order valence-corrected chi connectivity index (χ2v) is 3.36. The van der Waals surface area contributed by atoms with Gasteiger partial charge in [0, 0.05) is 17.1 Å². The van der Waals surface area contributed by atoms with E-state index in [9.17, 15) is 14.9 Å². The summed E-state index contributed by atoms with van der Waals surface area (Å²) in [6, 6.07) is 2.60. The molecule has 0 saturated carbocycles. The molecule has 0 heterocycles. The van der Waals surface area contributed by atoms with Gasteiger partial charge in [-0.05, 0) is 0 Å². The standard InChI is InChI=1S/C11H12N2O6/c1-18-9-5-7(11(14)15)8(6-10(9)19-2)12-3-4-13(16)17/h3,5-6H,4H2,1-2H3,(H,14,15)/b12-3+. The molecule has 0 spiro atoms. The minimum atomic E-state index is -1.21. The lowest BCUT2D eigenvalue weighted by molar-refractivity contribution is -0.462. The first-order valence-corrected chi connectivity index (χ1v) is 5.13. The maximum Gasteiger partial charge on any atom is 0.338 e. The van der Waals surface area contributed by atoms with E-state index in [4.69, 9.17) is 14.6 Å². The first-order chi connectivity index (χ1) is 8.99. The third-order valence-electron chi connectivity index (χ3n) is 2.19. The van der Waals surface area contributed by atoms with Gasteiger partial charge in [-0.1, -0.05) is 0 Å². The van der Waals surface area contributed by atoms with Crippen molar-refractivity contribution >= 4 is 17.9 Å². The van der Waals surface area contributed by atoms with E-state index in [2.05, 4.69) is 4.99 Å². The minimum Gasteiger partial charge on any atom is -0.493 e. The highest BCUT2D eigenvalue weighted by Crippen LogP contribution is 2.34. The summed E-state index contributed by atoms with van der Waals surface area (Å²) in [5.41, 5.74) is -0.0655. The Labute approximate surface area is 108 Å². The number of ether oxygens (including phenoxy) is 2. The van der Waals surface area contributed by atoms with Crippen molar-refractivity contribution in [1.29, 1.82) is 0 Å². The predicted molar refractivity (Wildman–Crippen MR) is 66.5 cm³/mol. The minimum absolute atomic E-state index is 0.0620. The number of nitrogens with zero attached hydrogens (tertiary/aromatic N) is 2. The molecule has 1 rings (SSSR count). The summed E-state index contributed by atoms with van der Waals surface area (Å²) >= 11 is 0. The fourth-order valence-corrected chi connectivity index (χ4v) is 1.35. The van der Waals surface area contributed by atoms with Crippen molar-refractivity contribution in [3.8, 4) is 11.5 Å². The summed E-state index contributed by atoms with van der Waals surface area (Å²) in [4.78, 5) is 24.5. The number of methoxy groups -OCH3 is 2. The van der Waals surface area contributed by atoms with E-state index in [1.54, 1.807) is 0 Å². The second-order valence-electron chi connectivity index (χ2n) is 3.36. The lowest BCUT2D eigenvalue weighted by atomic mass is 10.1. The van der Waals surface area contributed by atoms with E-state index in [-0.39, 0.29) is 17.0 Å². The number of nitro groups is 1. The third-order valence-corrected chi connectivity index (χ3v) is 2.19. The zero-order chi connectivity index (χ0) is 14.4. The normalized spacial score (nSPS) is 10.4. The summed E-state index contributed by atoms with van der Waals surface area (Å²) in [6.45, 7) is -0.493. The first-order valence-electron chi connectivity index (χ1n) is 5.13. The first kappa shape index (κ1) is 14.4. The molecule has 1 aromatic carbocycles. The highest BCUT2D eigenvalue weighted by atomic mass is 16.6. The van der Waals surface area contributed by atoms with Crippen LogP contribution in [0.5, 0.6) is 11.5 Å². The number of hydrogen-bond acceptors (Lipinski definition) is 6. The van der Waals surface area contributed by atoms with Gasteiger partial charge < -0.3 is 14.6 Å². The number of carbonyl (C=O) groups is 1. The van der Waals surface area contributed by atoms with E-state index in [1.165, 1.54) is 26.4 Å². The number of aromatic carboxylic acids is 1. The Morgan fingerprint density at radius 1 is 1.42 bits per heavy atom. The Morgan fingerprint density at radius 3 is 2.47 bits per heavy atom. The summed E-state index contributed by atoms with van der Waals surface area (Å²) in [6.07, 6.45) is 1.02. The highest BCUT2D eigenvalue weighted by molar-refractivity contribution is 5.95. The van der Waals surface area contributed by atoms with Gasteiger partial charge in [-0.25, -0.2) is 4.79 Å². The van der Waals surface area contributed by atoms with Crippen molar-refractivity contribution < 1.29 is 24.3 Å². The van der Waals surface area contributed by atoms with Gasteiger partial charge in [-0.3, -0.25) is 15.1 Å². The van der Waals surface area contributed by atoms with Gasteiger partial charge in [-0.2, -0.15) is 0 Å². The molecule has 0 aromatic heterocycles. The van der Waals surface area contributed by atoms with E-state index in [0.29, 0.717) is 5.75 Å². The van der Waals surface area contributed by atoms with Crippen LogP contribution in [0.3, 0.4) is 0 Å². The lowest BCUT2D eigenvalue weighted by Gasteiger charge is -2.10. The van der Waals surface area contributed by atoms with Gasteiger partial charge in [0.05, 0.1) is 31.7 Å². The lowest BCUT2D eigenvalue weighted by Crippen LogP contribution is -2.02. The van der Waals surface area contributed by atoms with Crippen LogP contribution in [0.15, 0.2) is 17.1 Å². The van der Waals surface area contributed by atoms with Crippen LogP contribution in [0.25, 0.3) is 0 Å². The van der Waals surface area contributed by atoms with Crippen LogP contribution >= 0.6 is 0 Å². The van der Waals surface area contributed by atoms with Gasteiger partial charge in [0.15, 0.2) is 11.5 Å². The van der Waals surface area contributed by atoms with Crippen LogP contribution in [0.2, 0.25) is 0 Å². The summed E-state index contributed by atoms with van der Waals surface area (Å²) in [7, 11) is 2.77. The molecule has 0 unspecified atom stereocenters. The van der Waals surface area contributed by atoms with Crippen molar-refractivity contribution in [2.24, 2.45) is 4.99 Å². The molecule has 102 valence electrons. The van der Waals surface area contributed by atoms with Gasteiger partial charge in [0.2, 0.25) is 6.54 Å². The van der Waals surface area contributed by atoms with Crippen LogP contribution in [0, 0.1) is 10.1 Å². The van der Waals surface area contributed by atoms with Gasteiger partial charge in [-0.15, -0.1) is 0 Å². The topological polar surface area (TPSA) is 111 Å².